The van der Waals surface area contributed by atoms with Crippen LogP contribution in [0.15, 0.2) is 0 Å². The normalized spacial score (nSPS) is 18.0. The van der Waals surface area contributed by atoms with E-state index in [1.165, 1.54) is 25.7 Å². The number of unbranched alkanes of at least 4 members (excludes halogenated alkanes) is 2. The topological polar surface area (TPSA) is 66.6 Å². The number of piperidine rings is 1. The molecule has 0 aromatic rings. The van der Waals surface area contributed by atoms with Crippen molar-refractivity contribution in [1.29, 1.82) is 0 Å². The zero-order valence-corrected chi connectivity index (χ0v) is 14.6. The van der Waals surface area contributed by atoms with Crippen molar-refractivity contribution in [2.45, 2.75) is 77.7 Å². The Labute approximate surface area is 136 Å². The Morgan fingerprint density at radius 2 is 1.77 bits per heavy atom. The van der Waals surface area contributed by atoms with Crippen LogP contribution in [0.25, 0.3) is 0 Å². The van der Waals surface area contributed by atoms with Crippen molar-refractivity contribution >= 4 is 5.91 Å². The molecule has 130 valence electrons. The molecule has 0 spiro atoms. The molecule has 1 atom stereocenters. The number of nitrogens with zero attached hydrogens (tertiary/aromatic N) is 1. The quantitative estimate of drug-likeness (QED) is 0.610. The first kappa shape index (κ1) is 19.4. The molecule has 0 radical (unpaired) electrons. The van der Waals surface area contributed by atoms with E-state index in [9.17, 15) is 4.79 Å². The van der Waals surface area contributed by atoms with Crippen LogP contribution < -0.4 is 5.73 Å². The summed E-state index contributed by atoms with van der Waals surface area (Å²) in [5.74, 6) is 1.71. The maximum atomic E-state index is 12.3. The molecule has 0 saturated carbocycles. The van der Waals surface area contributed by atoms with E-state index in [-0.39, 0.29) is 18.6 Å². The SMILES string of the molecule is CC(C)CCCCC1CCN(C(=O)C(N)CCCCO)CC1. The average molecular weight is 312 g/mol. The van der Waals surface area contributed by atoms with Crippen LogP contribution in [0, 0.1) is 11.8 Å². The van der Waals surface area contributed by atoms with E-state index in [1.54, 1.807) is 0 Å². The molecule has 1 unspecified atom stereocenters. The van der Waals surface area contributed by atoms with Crippen LogP contribution in [0.3, 0.4) is 0 Å². The van der Waals surface area contributed by atoms with Crippen LogP contribution in [0.4, 0.5) is 0 Å². The predicted molar refractivity (Wildman–Crippen MR) is 91.5 cm³/mol. The minimum Gasteiger partial charge on any atom is -0.396 e. The smallest absolute Gasteiger partial charge is 0.239 e. The van der Waals surface area contributed by atoms with Crippen molar-refractivity contribution in [3.63, 3.8) is 0 Å². The summed E-state index contributed by atoms with van der Waals surface area (Å²) in [4.78, 5) is 14.2. The largest absolute Gasteiger partial charge is 0.396 e. The molecule has 1 fully saturated rings. The van der Waals surface area contributed by atoms with Gasteiger partial charge in [0.05, 0.1) is 6.04 Å². The first-order valence-corrected chi connectivity index (χ1v) is 9.19. The molecule has 4 heteroatoms. The number of hydrogen-bond acceptors (Lipinski definition) is 3. The van der Waals surface area contributed by atoms with Gasteiger partial charge in [-0.1, -0.05) is 39.5 Å². The second-order valence-corrected chi connectivity index (χ2v) is 7.27. The standard InChI is InChI=1S/C18H36N2O2/c1-15(2)7-3-4-8-16-10-12-20(13-11-16)18(22)17(19)9-5-6-14-21/h15-17,21H,3-14,19H2,1-2H3. The van der Waals surface area contributed by atoms with Gasteiger partial charge in [0, 0.05) is 19.7 Å². The van der Waals surface area contributed by atoms with Crippen LogP contribution in [0.1, 0.15) is 71.6 Å². The molecule has 1 amide bonds. The lowest BCUT2D eigenvalue weighted by molar-refractivity contribution is -0.134. The van der Waals surface area contributed by atoms with Gasteiger partial charge in [-0.05, 0) is 43.9 Å². The van der Waals surface area contributed by atoms with Crippen molar-refractivity contribution in [2.24, 2.45) is 17.6 Å². The summed E-state index contributed by atoms with van der Waals surface area (Å²) in [6, 6.07) is -0.380. The van der Waals surface area contributed by atoms with Gasteiger partial charge in [0.15, 0.2) is 0 Å². The Kier molecular flexibility index (Phi) is 9.73. The highest BCUT2D eigenvalue weighted by Gasteiger charge is 2.25. The lowest BCUT2D eigenvalue weighted by Crippen LogP contribution is -2.47. The number of rotatable bonds is 10. The number of carbonyl (C=O) groups excluding carboxylic acids is 1. The second kappa shape index (κ2) is 11.0. The summed E-state index contributed by atoms with van der Waals surface area (Å²) in [7, 11) is 0. The molecule has 1 heterocycles. The number of aliphatic hydroxyl groups is 1. The van der Waals surface area contributed by atoms with Gasteiger partial charge in [0.25, 0.3) is 0 Å². The van der Waals surface area contributed by atoms with Crippen LogP contribution in [-0.2, 0) is 4.79 Å². The third-order valence-corrected chi connectivity index (χ3v) is 4.81. The fourth-order valence-electron chi connectivity index (χ4n) is 3.26. The lowest BCUT2D eigenvalue weighted by Gasteiger charge is -2.33. The number of likely N-dealkylation sites (tertiary alicyclic amines) is 1. The number of amides is 1. The monoisotopic (exact) mass is 312 g/mol. The van der Waals surface area contributed by atoms with E-state index >= 15 is 0 Å². The molecular weight excluding hydrogens is 276 g/mol. The second-order valence-electron chi connectivity index (χ2n) is 7.27. The summed E-state index contributed by atoms with van der Waals surface area (Å²) < 4.78 is 0. The molecular formula is C18H36N2O2. The Bertz CT molecular complexity index is 299. The zero-order chi connectivity index (χ0) is 16.4. The minimum absolute atomic E-state index is 0.108. The van der Waals surface area contributed by atoms with E-state index in [2.05, 4.69) is 13.8 Å². The molecule has 1 saturated heterocycles. The molecule has 1 rings (SSSR count). The van der Waals surface area contributed by atoms with Crippen LogP contribution >= 0.6 is 0 Å². The van der Waals surface area contributed by atoms with Gasteiger partial charge in [-0.25, -0.2) is 0 Å². The van der Waals surface area contributed by atoms with Gasteiger partial charge in [0.1, 0.15) is 0 Å². The minimum atomic E-state index is -0.380. The molecule has 0 aromatic carbocycles. The first-order chi connectivity index (χ1) is 10.5. The van der Waals surface area contributed by atoms with E-state index in [1.807, 2.05) is 4.90 Å². The van der Waals surface area contributed by atoms with Gasteiger partial charge in [-0.2, -0.15) is 0 Å². The van der Waals surface area contributed by atoms with Crippen molar-refractivity contribution in [3.8, 4) is 0 Å². The van der Waals surface area contributed by atoms with Crippen LogP contribution in [0.5, 0.6) is 0 Å². The number of nitrogens with two attached hydrogens (primary N) is 1. The zero-order valence-electron chi connectivity index (χ0n) is 14.6. The summed E-state index contributed by atoms with van der Waals surface area (Å²) >= 11 is 0. The third-order valence-electron chi connectivity index (χ3n) is 4.81. The molecule has 1 aliphatic rings. The van der Waals surface area contributed by atoms with E-state index in [4.69, 9.17) is 10.8 Å². The van der Waals surface area contributed by atoms with Gasteiger partial charge in [0.2, 0.25) is 5.91 Å². The summed E-state index contributed by atoms with van der Waals surface area (Å²) in [6.45, 7) is 6.51. The molecule has 0 aromatic heterocycles. The van der Waals surface area contributed by atoms with Gasteiger partial charge in [-0.3, -0.25) is 4.79 Å². The molecule has 3 N–H and O–H groups in total. The van der Waals surface area contributed by atoms with Crippen molar-refractivity contribution in [1.82, 2.24) is 4.90 Å². The van der Waals surface area contributed by atoms with Crippen molar-refractivity contribution in [2.75, 3.05) is 19.7 Å². The molecule has 4 nitrogen and oxygen atoms in total. The van der Waals surface area contributed by atoms with Crippen LogP contribution in [-0.4, -0.2) is 41.7 Å². The maximum Gasteiger partial charge on any atom is 0.239 e. The molecule has 0 aliphatic carbocycles. The average Bonchev–Trinajstić information content (AvgIpc) is 2.51. The fraction of sp³-hybridized carbons (Fsp3) is 0.944. The van der Waals surface area contributed by atoms with E-state index < -0.39 is 0 Å². The first-order valence-electron chi connectivity index (χ1n) is 9.19. The highest BCUT2D eigenvalue weighted by Crippen LogP contribution is 2.24. The third kappa shape index (κ3) is 7.59. The van der Waals surface area contributed by atoms with Gasteiger partial charge >= 0.3 is 0 Å². The Balaban J connectivity index is 2.16. The maximum absolute atomic E-state index is 12.3. The fourth-order valence-corrected chi connectivity index (χ4v) is 3.26. The van der Waals surface area contributed by atoms with Gasteiger partial charge in [-0.15, -0.1) is 0 Å². The highest BCUT2D eigenvalue weighted by molar-refractivity contribution is 5.81. The Morgan fingerprint density at radius 3 is 2.36 bits per heavy atom. The lowest BCUT2D eigenvalue weighted by atomic mass is 9.90. The summed E-state index contributed by atoms with van der Waals surface area (Å²) in [5.41, 5.74) is 5.98. The van der Waals surface area contributed by atoms with E-state index in [0.29, 0.717) is 6.42 Å². The summed E-state index contributed by atoms with van der Waals surface area (Å²) in [6.07, 6.45) is 9.85. The number of aliphatic hydroxyl groups excluding tert-OH is 1. The van der Waals surface area contributed by atoms with Crippen molar-refractivity contribution in [3.05, 3.63) is 0 Å². The van der Waals surface area contributed by atoms with E-state index in [0.717, 1.165) is 50.6 Å². The van der Waals surface area contributed by atoms with Gasteiger partial charge < -0.3 is 15.7 Å². The Morgan fingerprint density at radius 1 is 1.14 bits per heavy atom. The summed E-state index contributed by atoms with van der Waals surface area (Å²) in [5, 5.41) is 8.78. The number of hydrogen-bond donors (Lipinski definition) is 2. The predicted octanol–water partition coefficient (Wildman–Crippen LogP) is 2.93. The van der Waals surface area contributed by atoms with Crippen molar-refractivity contribution < 1.29 is 9.90 Å². The molecule has 0 bridgehead atoms. The Hall–Kier alpha value is -0.610. The van der Waals surface area contributed by atoms with Crippen LogP contribution in [0.2, 0.25) is 0 Å². The molecule has 22 heavy (non-hydrogen) atoms. The molecule has 1 aliphatic heterocycles. The number of carbonyl (C=O) groups is 1. The highest BCUT2D eigenvalue weighted by atomic mass is 16.2.